The van der Waals surface area contributed by atoms with Gasteiger partial charge in [-0.1, -0.05) is 0 Å². The number of ether oxygens (including phenoxy) is 1. The molecule has 5 heteroatoms. The highest BCUT2D eigenvalue weighted by Gasteiger charge is 2.26. The van der Waals surface area contributed by atoms with E-state index in [1.807, 2.05) is 0 Å². The maximum atomic E-state index is 12.1. The molecule has 1 N–H and O–H groups in total. The Morgan fingerprint density at radius 1 is 1.69 bits per heavy atom. The zero-order valence-corrected chi connectivity index (χ0v) is 9.09. The topological polar surface area (TPSA) is 62.7 Å². The molecule has 1 amide bonds. The summed E-state index contributed by atoms with van der Waals surface area (Å²) in [4.78, 5) is 17.6. The Bertz CT molecular complexity index is 395. The first kappa shape index (κ1) is 10.9. The Morgan fingerprint density at radius 2 is 2.50 bits per heavy atom. The lowest BCUT2D eigenvalue weighted by Gasteiger charge is -2.16. The fraction of sp³-hybridized carbons (Fsp3) is 0.455. The van der Waals surface area contributed by atoms with Gasteiger partial charge in [-0.05, 0) is 12.5 Å². The molecule has 1 aromatic rings. The molecule has 5 nitrogen and oxygen atoms in total. The highest BCUT2D eigenvalue weighted by Crippen LogP contribution is 2.20. The highest BCUT2D eigenvalue weighted by atomic mass is 16.5. The van der Waals surface area contributed by atoms with Crippen LogP contribution in [0.5, 0.6) is 5.75 Å². The Balaban J connectivity index is 2.20. The second-order valence-corrected chi connectivity index (χ2v) is 3.77. The molecular weight excluding hydrogens is 208 g/mol. The van der Waals surface area contributed by atoms with Crippen LogP contribution in [-0.4, -0.2) is 47.2 Å². The number of carbonyl (C=O) groups is 1. The van der Waals surface area contributed by atoms with Gasteiger partial charge in [-0.3, -0.25) is 9.78 Å². The standard InChI is InChI=1S/C11H14N2O3/c1-16-10-6-12-4-2-9(10)11(15)13-5-3-8(14)7-13/h2,4,6,8,14H,3,5,7H2,1H3/t8-/m0/s1. The highest BCUT2D eigenvalue weighted by molar-refractivity contribution is 5.96. The fourth-order valence-corrected chi connectivity index (χ4v) is 1.82. The second-order valence-electron chi connectivity index (χ2n) is 3.77. The summed E-state index contributed by atoms with van der Waals surface area (Å²) < 4.78 is 5.08. The zero-order chi connectivity index (χ0) is 11.5. The molecule has 0 spiro atoms. The van der Waals surface area contributed by atoms with Gasteiger partial charge in [-0.25, -0.2) is 0 Å². The van der Waals surface area contributed by atoms with Crippen LogP contribution in [0, 0.1) is 0 Å². The van der Waals surface area contributed by atoms with E-state index in [1.54, 1.807) is 17.2 Å². The Kier molecular flexibility index (Phi) is 3.05. The van der Waals surface area contributed by atoms with Gasteiger partial charge >= 0.3 is 0 Å². The van der Waals surface area contributed by atoms with Crippen LogP contribution < -0.4 is 4.74 Å². The lowest BCUT2D eigenvalue weighted by molar-refractivity contribution is 0.0761. The largest absolute Gasteiger partial charge is 0.494 e. The van der Waals surface area contributed by atoms with Crippen LogP contribution in [0.4, 0.5) is 0 Å². The number of aromatic nitrogens is 1. The number of methoxy groups -OCH3 is 1. The molecule has 1 fully saturated rings. The number of β-amino-alcohol motifs (C(OH)–C–C–N with tert-alkyl or cyclic N) is 1. The number of aliphatic hydroxyl groups excluding tert-OH is 1. The second kappa shape index (κ2) is 4.49. The molecule has 0 aliphatic carbocycles. The minimum atomic E-state index is -0.406. The molecule has 1 aromatic heterocycles. The summed E-state index contributed by atoms with van der Waals surface area (Å²) in [6, 6.07) is 1.63. The number of carbonyl (C=O) groups excluding carboxylic acids is 1. The molecule has 0 aromatic carbocycles. The summed E-state index contributed by atoms with van der Waals surface area (Å²) >= 11 is 0. The Labute approximate surface area is 93.7 Å². The Hall–Kier alpha value is -1.62. The van der Waals surface area contributed by atoms with Gasteiger partial charge in [-0.15, -0.1) is 0 Å². The summed E-state index contributed by atoms with van der Waals surface area (Å²) in [6.45, 7) is 0.982. The van der Waals surface area contributed by atoms with E-state index in [-0.39, 0.29) is 5.91 Å². The number of aliphatic hydroxyl groups is 1. The first-order chi connectivity index (χ1) is 7.72. The number of likely N-dealkylation sites (tertiary alicyclic amines) is 1. The third kappa shape index (κ3) is 1.99. The number of pyridine rings is 1. The van der Waals surface area contributed by atoms with Crippen LogP contribution in [0.3, 0.4) is 0 Å². The first-order valence-electron chi connectivity index (χ1n) is 5.17. The molecule has 86 valence electrons. The number of hydrogen-bond acceptors (Lipinski definition) is 4. The minimum Gasteiger partial charge on any atom is -0.494 e. The maximum absolute atomic E-state index is 12.1. The van der Waals surface area contributed by atoms with E-state index in [4.69, 9.17) is 4.74 Å². The zero-order valence-electron chi connectivity index (χ0n) is 9.09. The van der Waals surface area contributed by atoms with E-state index in [0.29, 0.717) is 30.8 Å². The van der Waals surface area contributed by atoms with E-state index in [2.05, 4.69) is 4.98 Å². The quantitative estimate of drug-likeness (QED) is 0.781. The minimum absolute atomic E-state index is 0.115. The van der Waals surface area contributed by atoms with E-state index < -0.39 is 6.10 Å². The van der Waals surface area contributed by atoms with Crippen molar-refractivity contribution in [1.29, 1.82) is 0 Å². The molecule has 0 saturated carbocycles. The van der Waals surface area contributed by atoms with Crippen molar-refractivity contribution in [2.45, 2.75) is 12.5 Å². The van der Waals surface area contributed by atoms with Crippen molar-refractivity contribution >= 4 is 5.91 Å². The molecular formula is C11H14N2O3. The van der Waals surface area contributed by atoms with E-state index in [9.17, 15) is 9.90 Å². The van der Waals surface area contributed by atoms with Gasteiger partial charge in [0.05, 0.1) is 25.0 Å². The Morgan fingerprint density at radius 3 is 3.12 bits per heavy atom. The number of hydrogen-bond donors (Lipinski definition) is 1. The molecule has 0 unspecified atom stereocenters. The van der Waals surface area contributed by atoms with E-state index in [0.717, 1.165) is 0 Å². The molecule has 2 rings (SSSR count). The van der Waals surface area contributed by atoms with E-state index in [1.165, 1.54) is 13.3 Å². The molecule has 1 saturated heterocycles. The molecule has 1 aliphatic rings. The van der Waals surface area contributed by atoms with Crippen molar-refractivity contribution in [3.8, 4) is 5.75 Å². The molecule has 1 atom stereocenters. The number of amides is 1. The summed E-state index contributed by atoms with van der Waals surface area (Å²) in [5, 5.41) is 9.38. The van der Waals surface area contributed by atoms with E-state index >= 15 is 0 Å². The van der Waals surface area contributed by atoms with Crippen molar-refractivity contribution in [2.24, 2.45) is 0 Å². The van der Waals surface area contributed by atoms with Crippen LogP contribution in [0.1, 0.15) is 16.8 Å². The summed E-state index contributed by atoms with van der Waals surface area (Å²) in [7, 11) is 1.51. The first-order valence-corrected chi connectivity index (χ1v) is 5.17. The fourth-order valence-electron chi connectivity index (χ4n) is 1.82. The summed E-state index contributed by atoms with van der Waals surface area (Å²) in [5.74, 6) is 0.352. The van der Waals surface area contributed by atoms with Crippen molar-refractivity contribution < 1.29 is 14.6 Å². The van der Waals surface area contributed by atoms with Crippen molar-refractivity contribution in [3.63, 3.8) is 0 Å². The van der Waals surface area contributed by atoms with Gasteiger partial charge < -0.3 is 14.7 Å². The van der Waals surface area contributed by atoms with Gasteiger partial charge in [-0.2, -0.15) is 0 Å². The molecule has 0 radical (unpaired) electrons. The van der Waals surface area contributed by atoms with Crippen LogP contribution in [0.15, 0.2) is 18.5 Å². The van der Waals surface area contributed by atoms with Crippen molar-refractivity contribution in [1.82, 2.24) is 9.88 Å². The number of nitrogens with zero attached hydrogens (tertiary/aromatic N) is 2. The van der Waals surface area contributed by atoms with Crippen LogP contribution in [0.25, 0.3) is 0 Å². The number of rotatable bonds is 2. The van der Waals surface area contributed by atoms with Crippen LogP contribution in [-0.2, 0) is 0 Å². The predicted octanol–water partition coefficient (Wildman–Crippen LogP) is 0.297. The molecule has 0 bridgehead atoms. The predicted molar refractivity (Wildman–Crippen MR) is 57.3 cm³/mol. The van der Waals surface area contributed by atoms with Crippen molar-refractivity contribution in [3.05, 3.63) is 24.0 Å². The molecule has 16 heavy (non-hydrogen) atoms. The molecule has 1 aliphatic heterocycles. The third-order valence-corrected chi connectivity index (χ3v) is 2.69. The van der Waals surface area contributed by atoms with Gasteiger partial charge in [0.2, 0.25) is 0 Å². The summed E-state index contributed by atoms with van der Waals surface area (Å²) in [5.41, 5.74) is 0.492. The third-order valence-electron chi connectivity index (χ3n) is 2.69. The molecule has 2 heterocycles. The van der Waals surface area contributed by atoms with Gasteiger partial charge in [0.25, 0.3) is 5.91 Å². The SMILES string of the molecule is COc1cnccc1C(=O)N1CC[C@H](O)C1. The maximum Gasteiger partial charge on any atom is 0.257 e. The van der Waals surface area contributed by atoms with Gasteiger partial charge in [0.1, 0.15) is 5.75 Å². The van der Waals surface area contributed by atoms with Crippen molar-refractivity contribution in [2.75, 3.05) is 20.2 Å². The average molecular weight is 222 g/mol. The van der Waals surface area contributed by atoms with Crippen LogP contribution >= 0.6 is 0 Å². The normalized spacial score (nSPS) is 19.9. The lowest BCUT2D eigenvalue weighted by atomic mass is 10.2. The summed E-state index contributed by atoms with van der Waals surface area (Å²) in [6.07, 6.45) is 3.30. The average Bonchev–Trinajstić information content (AvgIpc) is 2.75. The van der Waals surface area contributed by atoms with Gasteiger partial charge in [0, 0.05) is 19.3 Å². The van der Waals surface area contributed by atoms with Gasteiger partial charge in [0.15, 0.2) is 0 Å². The smallest absolute Gasteiger partial charge is 0.257 e. The lowest BCUT2D eigenvalue weighted by Crippen LogP contribution is -2.29. The van der Waals surface area contributed by atoms with Crippen LogP contribution in [0.2, 0.25) is 0 Å². The monoisotopic (exact) mass is 222 g/mol.